The Morgan fingerprint density at radius 3 is 2.30 bits per heavy atom. The monoisotopic (exact) mass is 555 g/mol. The third kappa shape index (κ3) is 6.63. The van der Waals surface area contributed by atoms with E-state index < -0.39 is 11.7 Å². The van der Waals surface area contributed by atoms with E-state index in [0.29, 0.717) is 56.8 Å². The standard InChI is InChI=1S/C31H36F3N3O3/c1-39-28-10-6-5-9-27(28)35-17-19-36(20-18-35)30(38)29-16-15-26(40-29)22-37(25-7-3-2-4-8-25)21-23-11-13-24(14-12-23)31(32,33)34/h5-6,9-16,25H,2-4,7-8,17-22H2,1H3. The van der Waals surface area contributed by atoms with Crippen LogP contribution in [0.25, 0.3) is 0 Å². The summed E-state index contributed by atoms with van der Waals surface area (Å²) in [5.41, 5.74) is 1.21. The molecule has 2 aromatic carbocycles. The molecule has 0 bridgehead atoms. The lowest BCUT2D eigenvalue weighted by Crippen LogP contribution is -2.48. The van der Waals surface area contributed by atoms with Gasteiger partial charge in [-0.05, 0) is 54.8 Å². The molecule has 0 unspecified atom stereocenters. The lowest BCUT2D eigenvalue weighted by Gasteiger charge is -2.36. The minimum atomic E-state index is -4.35. The Hall–Kier alpha value is -3.46. The van der Waals surface area contributed by atoms with Crippen LogP contribution in [0, 0.1) is 0 Å². The van der Waals surface area contributed by atoms with Gasteiger partial charge in [-0.15, -0.1) is 0 Å². The smallest absolute Gasteiger partial charge is 0.416 e. The maximum atomic E-state index is 13.3. The van der Waals surface area contributed by atoms with Gasteiger partial charge in [0.1, 0.15) is 11.5 Å². The van der Waals surface area contributed by atoms with E-state index in [1.165, 1.54) is 6.42 Å². The van der Waals surface area contributed by atoms with E-state index in [1.54, 1.807) is 25.3 Å². The van der Waals surface area contributed by atoms with Crippen molar-refractivity contribution < 1.29 is 27.1 Å². The first-order valence-electron chi connectivity index (χ1n) is 14.0. The first-order valence-corrected chi connectivity index (χ1v) is 14.0. The van der Waals surface area contributed by atoms with Crippen LogP contribution in [-0.4, -0.2) is 55.0 Å². The van der Waals surface area contributed by atoms with Gasteiger partial charge in [0.2, 0.25) is 0 Å². The SMILES string of the molecule is COc1ccccc1N1CCN(C(=O)c2ccc(CN(Cc3ccc(C(F)(F)F)cc3)C3CCCCC3)o2)CC1. The van der Waals surface area contributed by atoms with Gasteiger partial charge in [0, 0.05) is 38.8 Å². The fourth-order valence-electron chi connectivity index (χ4n) is 5.77. The molecule has 5 rings (SSSR count). The van der Waals surface area contributed by atoms with Crippen molar-refractivity contribution in [3.63, 3.8) is 0 Å². The minimum absolute atomic E-state index is 0.127. The number of halogens is 3. The summed E-state index contributed by atoms with van der Waals surface area (Å²) >= 11 is 0. The number of alkyl halides is 3. The number of ether oxygens (including phenoxy) is 1. The highest BCUT2D eigenvalue weighted by Crippen LogP contribution is 2.31. The maximum Gasteiger partial charge on any atom is 0.416 e. The number of methoxy groups -OCH3 is 1. The van der Waals surface area contributed by atoms with E-state index in [-0.39, 0.29) is 5.91 Å². The number of rotatable bonds is 8. The summed E-state index contributed by atoms with van der Waals surface area (Å²) in [6.45, 7) is 3.58. The van der Waals surface area contributed by atoms with Crippen LogP contribution in [-0.2, 0) is 19.3 Å². The summed E-state index contributed by atoms with van der Waals surface area (Å²) in [4.78, 5) is 19.6. The van der Waals surface area contributed by atoms with Crippen LogP contribution in [0.4, 0.5) is 18.9 Å². The minimum Gasteiger partial charge on any atom is -0.495 e. The summed E-state index contributed by atoms with van der Waals surface area (Å²) in [5, 5.41) is 0. The lowest BCUT2D eigenvalue weighted by atomic mass is 9.93. The Kier molecular flexibility index (Phi) is 8.69. The molecule has 6 nitrogen and oxygen atoms in total. The van der Waals surface area contributed by atoms with E-state index in [2.05, 4.69) is 9.80 Å². The Morgan fingerprint density at radius 1 is 0.925 bits per heavy atom. The van der Waals surface area contributed by atoms with E-state index in [4.69, 9.17) is 9.15 Å². The normalized spacial score (nSPS) is 16.9. The average molecular weight is 556 g/mol. The topological polar surface area (TPSA) is 49.2 Å². The number of para-hydroxylation sites is 2. The van der Waals surface area contributed by atoms with Gasteiger partial charge >= 0.3 is 6.18 Å². The fourth-order valence-corrected chi connectivity index (χ4v) is 5.77. The molecule has 2 fully saturated rings. The second-order valence-corrected chi connectivity index (χ2v) is 10.6. The summed E-state index contributed by atoms with van der Waals surface area (Å²) in [5.74, 6) is 1.70. The molecule has 1 saturated heterocycles. The number of piperazine rings is 1. The van der Waals surface area contributed by atoms with Crippen molar-refractivity contribution in [3.05, 3.63) is 83.3 Å². The van der Waals surface area contributed by atoms with E-state index in [0.717, 1.165) is 54.8 Å². The number of benzene rings is 2. The van der Waals surface area contributed by atoms with E-state index >= 15 is 0 Å². The Bertz CT molecular complexity index is 1260. The molecule has 0 radical (unpaired) electrons. The molecule has 0 N–H and O–H groups in total. The predicted octanol–water partition coefficient (Wildman–Crippen LogP) is 6.60. The van der Waals surface area contributed by atoms with Crippen molar-refractivity contribution in [2.75, 3.05) is 38.2 Å². The van der Waals surface area contributed by atoms with Gasteiger partial charge in [-0.2, -0.15) is 13.2 Å². The average Bonchev–Trinajstić information content (AvgIpc) is 3.45. The maximum absolute atomic E-state index is 13.3. The van der Waals surface area contributed by atoms with Crippen LogP contribution in [0.2, 0.25) is 0 Å². The molecule has 1 aliphatic carbocycles. The summed E-state index contributed by atoms with van der Waals surface area (Å²) < 4.78 is 50.6. The number of carbonyl (C=O) groups is 1. The van der Waals surface area contributed by atoms with E-state index in [1.807, 2.05) is 35.2 Å². The van der Waals surface area contributed by atoms with Crippen LogP contribution in [0.5, 0.6) is 5.75 Å². The van der Waals surface area contributed by atoms with Crippen molar-refractivity contribution in [1.82, 2.24) is 9.80 Å². The third-order valence-corrected chi connectivity index (χ3v) is 7.98. The molecule has 2 heterocycles. The second kappa shape index (κ2) is 12.4. The largest absolute Gasteiger partial charge is 0.495 e. The molecular formula is C31H36F3N3O3. The molecular weight excluding hydrogens is 519 g/mol. The highest BCUT2D eigenvalue weighted by molar-refractivity contribution is 5.91. The van der Waals surface area contributed by atoms with Crippen LogP contribution in [0.1, 0.15) is 59.5 Å². The van der Waals surface area contributed by atoms with E-state index in [9.17, 15) is 18.0 Å². The highest BCUT2D eigenvalue weighted by Gasteiger charge is 2.31. The van der Waals surface area contributed by atoms with Crippen LogP contribution in [0.15, 0.2) is 65.1 Å². The number of amides is 1. The first kappa shape index (κ1) is 28.1. The Morgan fingerprint density at radius 2 is 1.62 bits per heavy atom. The lowest BCUT2D eigenvalue weighted by molar-refractivity contribution is -0.137. The summed E-state index contributed by atoms with van der Waals surface area (Å²) in [6, 6.07) is 17.2. The number of furan rings is 1. The molecule has 0 spiro atoms. The molecule has 1 aromatic heterocycles. The molecule has 1 amide bonds. The zero-order chi connectivity index (χ0) is 28.1. The zero-order valence-electron chi connectivity index (χ0n) is 22.8. The van der Waals surface area contributed by atoms with Crippen molar-refractivity contribution in [2.45, 2.75) is 57.4 Å². The number of anilines is 1. The van der Waals surface area contributed by atoms with Gasteiger partial charge in [0.25, 0.3) is 5.91 Å². The molecule has 9 heteroatoms. The van der Waals surface area contributed by atoms with Crippen molar-refractivity contribution >= 4 is 11.6 Å². The molecule has 2 aliphatic rings. The summed E-state index contributed by atoms with van der Waals surface area (Å²) in [7, 11) is 1.66. The number of hydrogen-bond acceptors (Lipinski definition) is 5. The quantitative estimate of drug-likeness (QED) is 0.313. The molecule has 40 heavy (non-hydrogen) atoms. The van der Waals surface area contributed by atoms with Crippen molar-refractivity contribution in [1.29, 1.82) is 0 Å². The predicted molar refractivity (Wildman–Crippen MR) is 147 cm³/mol. The van der Waals surface area contributed by atoms with Gasteiger partial charge in [0.15, 0.2) is 5.76 Å². The molecule has 3 aromatic rings. The number of carbonyl (C=O) groups excluding carboxylic acids is 1. The zero-order valence-corrected chi connectivity index (χ0v) is 22.8. The Balaban J connectivity index is 1.23. The molecule has 1 aliphatic heterocycles. The van der Waals surface area contributed by atoms with Crippen LogP contribution >= 0.6 is 0 Å². The van der Waals surface area contributed by atoms with Gasteiger partial charge in [-0.3, -0.25) is 9.69 Å². The first-order chi connectivity index (χ1) is 19.3. The van der Waals surface area contributed by atoms with Gasteiger partial charge in [0.05, 0.1) is 24.9 Å². The number of hydrogen-bond donors (Lipinski definition) is 0. The van der Waals surface area contributed by atoms with Gasteiger partial charge in [-0.25, -0.2) is 0 Å². The highest BCUT2D eigenvalue weighted by atomic mass is 19.4. The Labute approximate surface area is 233 Å². The van der Waals surface area contributed by atoms with Crippen molar-refractivity contribution in [3.8, 4) is 5.75 Å². The molecule has 214 valence electrons. The van der Waals surface area contributed by atoms with Gasteiger partial charge in [-0.1, -0.05) is 43.5 Å². The molecule has 1 saturated carbocycles. The van der Waals surface area contributed by atoms with Crippen LogP contribution < -0.4 is 9.64 Å². The number of nitrogens with zero attached hydrogens (tertiary/aromatic N) is 3. The van der Waals surface area contributed by atoms with Crippen molar-refractivity contribution in [2.24, 2.45) is 0 Å². The third-order valence-electron chi connectivity index (χ3n) is 7.98. The van der Waals surface area contributed by atoms with Crippen LogP contribution in [0.3, 0.4) is 0 Å². The fraction of sp³-hybridized carbons (Fsp3) is 0.452. The molecule has 0 atom stereocenters. The van der Waals surface area contributed by atoms with Gasteiger partial charge < -0.3 is 19.0 Å². The summed E-state index contributed by atoms with van der Waals surface area (Å²) in [6.07, 6.45) is 1.22. The second-order valence-electron chi connectivity index (χ2n) is 10.6.